The number of nitrogens with one attached hydrogen (secondary N) is 1. The molecular weight excluding hydrogens is 318 g/mol. The SMILES string of the molecule is CN(C)c1ccc(Br)cc1NC(=O)c1ccc(N)cc1. The summed E-state index contributed by atoms with van der Waals surface area (Å²) in [7, 11) is 3.87. The summed E-state index contributed by atoms with van der Waals surface area (Å²) in [5.74, 6) is -0.161. The quantitative estimate of drug-likeness (QED) is 0.847. The van der Waals surface area contributed by atoms with E-state index < -0.39 is 0 Å². The first-order valence-corrected chi connectivity index (χ1v) is 6.90. The van der Waals surface area contributed by atoms with Crippen molar-refractivity contribution in [2.45, 2.75) is 0 Å². The number of rotatable bonds is 3. The summed E-state index contributed by atoms with van der Waals surface area (Å²) >= 11 is 3.41. The Hall–Kier alpha value is -2.01. The molecule has 2 aromatic rings. The molecule has 2 rings (SSSR count). The summed E-state index contributed by atoms with van der Waals surface area (Å²) in [5.41, 5.74) is 8.53. The van der Waals surface area contributed by atoms with E-state index in [9.17, 15) is 4.79 Å². The molecule has 0 fully saturated rings. The number of carbonyl (C=O) groups excluding carboxylic acids is 1. The lowest BCUT2D eigenvalue weighted by Gasteiger charge is -2.18. The molecule has 0 saturated heterocycles. The zero-order valence-electron chi connectivity index (χ0n) is 11.4. The minimum Gasteiger partial charge on any atom is -0.399 e. The predicted molar refractivity (Wildman–Crippen MR) is 87.3 cm³/mol. The molecule has 0 aliphatic carbocycles. The van der Waals surface area contributed by atoms with Crippen molar-refractivity contribution in [1.82, 2.24) is 0 Å². The molecule has 1 amide bonds. The van der Waals surface area contributed by atoms with Crippen molar-refractivity contribution in [3.8, 4) is 0 Å². The van der Waals surface area contributed by atoms with E-state index in [-0.39, 0.29) is 5.91 Å². The van der Waals surface area contributed by atoms with E-state index in [0.29, 0.717) is 11.3 Å². The number of nitrogens with two attached hydrogens (primary N) is 1. The molecule has 0 atom stereocenters. The molecule has 0 bridgehead atoms. The Balaban J connectivity index is 2.27. The van der Waals surface area contributed by atoms with Gasteiger partial charge >= 0.3 is 0 Å². The molecule has 2 aromatic carbocycles. The van der Waals surface area contributed by atoms with Gasteiger partial charge in [-0.15, -0.1) is 0 Å². The fraction of sp³-hybridized carbons (Fsp3) is 0.133. The summed E-state index contributed by atoms with van der Waals surface area (Å²) in [5, 5.41) is 2.92. The number of halogens is 1. The number of nitrogens with zero attached hydrogens (tertiary/aromatic N) is 1. The van der Waals surface area contributed by atoms with Gasteiger partial charge in [-0.2, -0.15) is 0 Å². The zero-order chi connectivity index (χ0) is 14.7. The van der Waals surface area contributed by atoms with Crippen LogP contribution in [0.5, 0.6) is 0 Å². The standard InChI is InChI=1S/C15H16BrN3O/c1-19(2)14-8-5-11(16)9-13(14)18-15(20)10-3-6-12(17)7-4-10/h3-9H,17H2,1-2H3,(H,18,20). The molecule has 0 heterocycles. The van der Waals surface area contributed by atoms with Crippen molar-refractivity contribution >= 4 is 38.9 Å². The van der Waals surface area contributed by atoms with Gasteiger partial charge in [0, 0.05) is 29.8 Å². The fourth-order valence-corrected chi connectivity index (χ4v) is 2.19. The number of carbonyl (C=O) groups is 1. The van der Waals surface area contributed by atoms with E-state index in [1.165, 1.54) is 0 Å². The molecule has 20 heavy (non-hydrogen) atoms. The van der Waals surface area contributed by atoms with E-state index in [2.05, 4.69) is 21.2 Å². The third-order valence-corrected chi connectivity index (χ3v) is 3.35. The van der Waals surface area contributed by atoms with Crippen LogP contribution in [-0.4, -0.2) is 20.0 Å². The molecular formula is C15H16BrN3O. The Labute approximate surface area is 126 Å². The number of nitrogen functional groups attached to an aromatic ring is 1. The van der Waals surface area contributed by atoms with Gasteiger partial charge in [0.15, 0.2) is 0 Å². The maximum Gasteiger partial charge on any atom is 0.255 e. The molecule has 0 unspecified atom stereocenters. The lowest BCUT2D eigenvalue weighted by Crippen LogP contribution is -2.16. The monoisotopic (exact) mass is 333 g/mol. The van der Waals surface area contributed by atoms with E-state index >= 15 is 0 Å². The minimum absolute atomic E-state index is 0.161. The van der Waals surface area contributed by atoms with Crippen LogP contribution < -0.4 is 16.0 Å². The van der Waals surface area contributed by atoms with E-state index in [0.717, 1.165) is 15.8 Å². The van der Waals surface area contributed by atoms with Gasteiger partial charge in [0.1, 0.15) is 0 Å². The average Bonchev–Trinajstić information content (AvgIpc) is 2.39. The third-order valence-electron chi connectivity index (χ3n) is 2.86. The highest BCUT2D eigenvalue weighted by molar-refractivity contribution is 9.10. The van der Waals surface area contributed by atoms with Gasteiger partial charge in [-0.1, -0.05) is 15.9 Å². The number of benzene rings is 2. The van der Waals surface area contributed by atoms with Crippen molar-refractivity contribution in [3.05, 3.63) is 52.5 Å². The predicted octanol–water partition coefficient (Wildman–Crippen LogP) is 3.35. The zero-order valence-corrected chi connectivity index (χ0v) is 12.9. The van der Waals surface area contributed by atoms with Crippen LogP contribution in [0.4, 0.5) is 17.1 Å². The van der Waals surface area contributed by atoms with Gasteiger partial charge in [-0.25, -0.2) is 0 Å². The molecule has 5 heteroatoms. The van der Waals surface area contributed by atoms with Crippen LogP contribution in [0, 0.1) is 0 Å². The molecule has 0 saturated carbocycles. The summed E-state index contributed by atoms with van der Waals surface area (Å²) in [6.07, 6.45) is 0. The Morgan fingerprint density at radius 3 is 2.40 bits per heavy atom. The molecule has 0 spiro atoms. The van der Waals surface area contributed by atoms with E-state index in [4.69, 9.17) is 5.73 Å². The normalized spacial score (nSPS) is 10.2. The summed E-state index contributed by atoms with van der Waals surface area (Å²) in [6, 6.07) is 12.6. The molecule has 104 valence electrons. The van der Waals surface area contributed by atoms with Crippen LogP contribution in [0.1, 0.15) is 10.4 Å². The molecule has 0 aliphatic rings. The first kappa shape index (κ1) is 14.4. The smallest absolute Gasteiger partial charge is 0.255 e. The lowest BCUT2D eigenvalue weighted by molar-refractivity contribution is 0.102. The van der Waals surface area contributed by atoms with Gasteiger partial charge in [-0.3, -0.25) is 4.79 Å². The highest BCUT2D eigenvalue weighted by atomic mass is 79.9. The number of hydrogen-bond donors (Lipinski definition) is 2. The largest absolute Gasteiger partial charge is 0.399 e. The Morgan fingerprint density at radius 2 is 1.80 bits per heavy atom. The average molecular weight is 334 g/mol. The molecule has 4 nitrogen and oxygen atoms in total. The van der Waals surface area contributed by atoms with Crippen molar-refractivity contribution < 1.29 is 4.79 Å². The molecule has 0 aliphatic heterocycles. The van der Waals surface area contributed by atoms with Crippen molar-refractivity contribution in [2.24, 2.45) is 0 Å². The summed E-state index contributed by atoms with van der Waals surface area (Å²) < 4.78 is 0.913. The minimum atomic E-state index is -0.161. The highest BCUT2D eigenvalue weighted by Crippen LogP contribution is 2.28. The van der Waals surface area contributed by atoms with Crippen LogP contribution in [0.15, 0.2) is 46.9 Å². The van der Waals surface area contributed by atoms with Gasteiger partial charge in [0.05, 0.1) is 11.4 Å². The Kier molecular flexibility index (Phi) is 4.29. The molecule has 0 aromatic heterocycles. The van der Waals surface area contributed by atoms with E-state index in [1.807, 2.05) is 37.2 Å². The lowest BCUT2D eigenvalue weighted by atomic mass is 10.2. The van der Waals surface area contributed by atoms with E-state index in [1.54, 1.807) is 24.3 Å². The van der Waals surface area contributed by atoms with Gasteiger partial charge in [-0.05, 0) is 42.5 Å². The van der Waals surface area contributed by atoms with Crippen LogP contribution >= 0.6 is 15.9 Å². The second kappa shape index (κ2) is 5.96. The second-order valence-electron chi connectivity index (χ2n) is 4.63. The summed E-state index contributed by atoms with van der Waals surface area (Å²) in [6.45, 7) is 0. The Morgan fingerprint density at radius 1 is 1.15 bits per heavy atom. The van der Waals surface area contributed by atoms with Crippen molar-refractivity contribution in [3.63, 3.8) is 0 Å². The molecule has 3 N–H and O–H groups in total. The van der Waals surface area contributed by atoms with Crippen molar-refractivity contribution in [2.75, 3.05) is 30.0 Å². The maximum absolute atomic E-state index is 12.2. The van der Waals surface area contributed by atoms with Crippen LogP contribution in [0.25, 0.3) is 0 Å². The van der Waals surface area contributed by atoms with Gasteiger partial charge in [0.25, 0.3) is 5.91 Å². The van der Waals surface area contributed by atoms with Crippen molar-refractivity contribution in [1.29, 1.82) is 0 Å². The first-order chi connectivity index (χ1) is 9.47. The second-order valence-corrected chi connectivity index (χ2v) is 5.55. The third kappa shape index (κ3) is 3.30. The highest BCUT2D eigenvalue weighted by Gasteiger charge is 2.10. The van der Waals surface area contributed by atoms with Gasteiger partial charge in [0.2, 0.25) is 0 Å². The first-order valence-electron chi connectivity index (χ1n) is 6.11. The van der Waals surface area contributed by atoms with Crippen LogP contribution in [0.3, 0.4) is 0 Å². The molecule has 0 radical (unpaired) electrons. The topological polar surface area (TPSA) is 58.4 Å². The van der Waals surface area contributed by atoms with Gasteiger partial charge < -0.3 is 16.0 Å². The summed E-state index contributed by atoms with van der Waals surface area (Å²) in [4.78, 5) is 14.2. The van der Waals surface area contributed by atoms with Crippen LogP contribution in [-0.2, 0) is 0 Å². The Bertz CT molecular complexity index is 624. The fourth-order valence-electron chi connectivity index (χ4n) is 1.83. The number of hydrogen-bond acceptors (Lipinski definition) is 3. The maximum atomic E-state index is 12.2. The number of anilines is 3. The van der Waals surface area contributed by atoms with Crippen LogP contribution in [0.2, 0.25) is 0 Å². The number of amides is 1.